The average Bonchev–Trinajstić information content (AvgIpc) is 2.42. The van der Waals surface area contributed by atoms with E-state index in [-0.39, 0.29) is 6.61 Å². The van der Waals surface area contributed by atoms with E-state index in [1.165, 1.54) is 0 Å². The van der Waals surface area contributed by atoms with Crippen molar-refractivity contribution >= 4 is 5.97 Å². The molecule has 1 unspecified atom stereocenters. The van der Waals surface area contributed by atoms with Crippen molar-refractivity contribution in [2.45, 2.75) is 40.9 Å². The zero-order chi connectivity index (χ0) is 16.0. The molecule has 21 heavy (non-hydrogen) atoms. The number of esters is 1. The summed E-state index contributed by atoms with van der Waals surface area (Å²) in [6, 6.07) is 4.01. The highest BCUT2D eigenvalue weighted by Gasteiger charge is 2.24. The van der Waals surface area contributed by atoms with E-state index in [1.54, 1.807) is 20.8 Å². The number of nitrogens with zero attached hydrogens (tertiary/aromatic N) is 1. The van der Waals surface area contributed by atoms with Crippen LogP contribution in [0.2, 0.25) is 0 Å². The minimum absolute atomic E-state index is 0.251. The van der Waals surface area contributed by atoms with Crippen molar-refractivity contribution in [1.82, 2.24) is 0 Å². The van der Waals surface area contributed by atoms with Gasteiger partial charge in [-0.15, -0.1) is 0 Å². The Kier molecular flexibility index (Phi) is 6.19. The maximum absolute atomic E-state index is 11.8. The molecule has 0 aliphatic heterocycles. The van der Waals surface area contributed by atoms with Gasteiger partial charge in [0.25, 0.3) is 6.29 Å². The predicted octanol–water partition coefficient (Wildman–Crippen LogP) is 2.79. The lowest BCUT2D eigenvalue weighted by atomic mass is 9.99. The summed E-state index contributed by atoms with van der Waals surface area (Å²) in [7, 11) is 0. The number of rotatable bonds is 6. The van der Waals surface area contributed by atoms with Gasteiger partial charge in [0.2, 0.25) is 0 Å². The molecule has 1 atom stereocenters. The van der Waals surface area contributed by atoms with Gasteiger partial charge in [0.05, 0.1) is 18.2 Å². The number of hydrogen-bond acceptors (Lipinski definition) is 5. The second-order valence-electron chi connectivity index (χ2n) is 4.61. The van der Waals surface area contributed by atoms with Gasteiger partial charge in [0, 0.05) is 12.2 Å². The Balaban J connectivity index is 3.15. The first-order chi connectivity index (χ1) is 9.96. The maximum Gasteiger partial charge on any atom is 0.376 e. The highest BCUT2D eigenvalue weighted by molar-refractivity contribution is 5.74. The Morgan fingerprint density at radius 2 is 1.90 bits per heavy atom. The fraction of sp³-hybridized carbons (Fsp3) is 0.500. The van der Waals surface area contributed by atoms with Crippen molar-refractivity contribution in [3.63, 3.8) is 0 Å². The normalized spacial score (nSPS) is 11.6. The molecule has 0 amide bonds. The molecular weight excluding hydrogens is 270 g/mol. The molecule has 0 heterocycles. The summed E-state index contributed by atoms with van der Waals surface area (Å²) in [6.07, 6.45) is -1.12. The van der Waals surface area contributed by atoms with Crippen molar-refractivity contribution < 1.29 is 19.0 Å². The molecule has 0 saturated carbocycles. The number of aryl methyl sites for hydroxylation is 2. The summed E-state index contributed by atoms with van der Waals surface area (Å²) in [5, 5.41) is 9.22. The van der Waals surface area contributed by atoms with E-state index in [4.69, 9.17) is 14.2 Å². The van der Waals surface area contributed by atoms with E-state index in [0.717, 1.165) is 11.1 Å². The molecule has 0 aliphatic carbocycles. The quantitative estimate of drug-likeness (QED) is 0.595. The Bertz CT molecular complexity index is 560. The third-order valence-electron chi connectivity index (χ3n) is 3.03. The molecule has 5 nitrogen and oxygen atoms in total. The van der Waals surface area contributed by atoms with Gasteiger partial charge in [-0.25, -0.2) is 4.79 Å². The first-order valence-electron chi connectivity index (χ1n) is 6.91. The second kappa shape index (κ2) is 7.65. The van der Waals surface area contributed by atoms with Crippen molar-refractivity contribution in [2.75, 3.05) is 13.2 Å². The maximum atomic E-state index is 11.8. The van der Waals surface area contributed by atoms with Crippen LogP contribution in [0.4, 0.5) is 0 Å². The van der Waals surface area contributed by atoms with Gasteiger partial charge in [-0.2, -0.15) is 5.26 Å². The lowest BCUT2D eigenvalue weighted by Crippen LogP contribution is -2.32. The highest BCUT2D eigenvalue weighted by Crippen LogP contribution is 2.29. The van der Waals surface area contributed by atoms with E-state index < -0.39 is 12.3 Å². The van der Waals surface area contributed by atoms with Crippen LogP contribution in [0, 0.1) is 32.1 Å². The third kappa shape index (κ3) is 3.96. The van der Waals surface area contributed by atoms with Crippen LogP contribution < -0.4 is 4.74 Å². The SMILES string of the molecule is CCOC(=O)C(OCC)Oc1c(C)cc(C)c(C#N)c1C. The topological polar surface area (TPSA) is 68.6 Å². The smallest absolute Gasteiger partial charge is 0.376 e. The summed E-state index contributed by atoms with van der Waals surface area (Å²) in [4.78, 5) is 11.8. The predicted molar refractivity (Wildman–Crippen MR) is 78.0 cm³/mol. The zero-order valence-corrected chi connectivity index (χ0v) is 13.1. The molecule has 1 aromatic rings. The van der Waals surface area contributed by atoms with Gasteiger partial charge < -0.3 is 14.2 Å². The van der Waals surface area contributed by atoms with E-state index in [9.17, 15) is 10.1 Å². The third-order valence-corrected chi connectivity index (χ3v) is 3.03. The van der Waals surface area contributed by atoms with Crippen molar-refractivity contribution in [3.05, 3.63) is 28.3 Å². The molecule has 1 aromatic carbocycles. The van der Waals surface area contributed by atoms with Crippen LogP contribution in [0.25, 0.3) is 0 Å². The minimum Gasteiger partial charge on any atom is -0.461 e. The molecule has 0 N–H and O–H groups in total. The average molecular weight is 291 g/mol. The second-order valence-corrected chi connectivity index (χ2v) is 4.61. The van der Waals surface area contributed by atoms with Gasteiger partial charge in [0.1, 0.15) is 5.75 Å². The fourth-order valence-electron chi connectivity index (χ4n) is 2.14. The van der Waals surface area contributed by atoms with Gasteiger partial charge in [-0.3, -0.25) is 0 Å². The van der Waals surface area contributed by atoms with Crippen molar-refractivity contribution in [3.8, 4) is 11.8 Å². The molecule has 0 saturated heterocycles. The van der Waals surface area contributed by atoms with Crippen LogP contribution in [0.3, 0.4) is 0 Å². The van der Waals surface area contributed by atoms with Crippen molar-refractivity contribution in [2.24, 2.45) is 0 Å². The lowest BCUT2D eigenvalue weighted by Gasteiger charge is -2.21. The van der Waals surface area contributed by atoms with Gasteiger partial charge >= 0.3 is 5.97 Å². The fourth-order valence-corrected chi connectivity index (χ4v) is 2.14. The number of carbonyl (C=O) groups excluding carboxylic acids is 1. The molecule has 114 valence electrons. The highest BCUT2D eigenvalue weighted by atomic mass is 16.7. The Morgan fingerprint density at radius 3 is 2.43 bits per heavy atom. The molecule has 0 aliphatic rings. The summed E-state index contributed by atoms with van der Waals surface area (Å²) >= 11 is 0. The Morgan fingerprint density at radius 1 is 1.24 bits per heavy atom. The van der Waals surface area contributed by atoms with Crippen LogP contribution in [-0.2, 0) is 14.3 Å². The van der Waals surface area contributed by atoms with Crippen molar-refractivity contribution in [1.29, 1.82) is 5.26 Å². The number of ether oxygens (including phenoxy) is 3. The molecule has 0 radical (unpaired) electrons. The largest absolute Gasteiger partial charge is 0.461 e. The van der Waals surface area contributed by atoms with E-state index >= 15 is 0 Å². The van der Waals surface area contributed by atoms with Crippen LogP contribution in [0.15, 0.2) is 6.07 Å². The number of nitriles is 1. The van der Waals surface area contributed by atoms with Gasteiger partial charge in [-0.1, -0.05) is 6.07 Å². The molecule has 5 heteroatoms. The van der Waals surface area contributed by atoms with Gasteiger partial charge in [0.15, 0.2) is 0 Å². The van der Waals surface area contributed by atoms with Gasteiger partial charge in [-0.05, 0) is 45.7 Å². The van der Waals surface area contributed by atoms with Crippen LogP contribution in [0.1, 0.15) is 36.1 Å². The number of benzene rings is 1. The zero-order valence-electron chi connectivity index (χ0n) is 13.1. The number of carbonyl (C=O) groups is 1. The first-order valence-corrected chi connectivity index (χ1v) is 6.91. The standard InChI is InChI=1S/C16H21NO4/c1-6-19-15(18)16(20-7-2)21-14-11(4)8-10(3)13(9-17)12(14)5/h8,16H,6-7H2,1-5H3. The van der Waals surface area contributed by atoms with Crippen LogP contribution in [0.5, 0.6) is 5.75 Å². The lowest BCUT2D eigenvalue weighted by molar-refractivity contribution is -0.176. The molecule has 0 fully saturated rings. The number of hydrogen-bond donors (Lipinski definition) is 0. The Hall–Kier alpha value is -2.06. The summed E-state index contributed by atoms with van der Waals surface area (Å²) in [5.41, 5.74) is 2.97. The summed E-state index contributed by atoms with van der Waals surface area (Å²) in [6.45, 7) is 9.59. The first kappa shape index (κ1) is 17.0. The molecule has 0 bridgehead atoms. The van der Waals surface area contributed by atoms with Crippen LogP contribution in [-0.4, -0.2) is 25.5 Å². The monoisotopic (exact) mass is 291 g/mol. The summed E-state index contributed by atoms with van der Waals surface area (Å²) in [5.74, 6) is -0.0825. The minimum atomic E-state index is -1.12. The van der Waals surface area contributed by atoms with Crippen LogP contribution >= 0.6 is 0 Å². The van der Waals surface area contributed by atoms with E-state index in [1.807, 2.05) is 19.9 Å². The van der Waals surface area contributed by atoms with E-state index in [0.29, 0.717) is 23.5 Å². The molecular formula is C16H21NO4. The molecule has 0 spiro atoms. The Labute approximate surface area is 125 Å². The molecule has 1 rings (SSSR count). The molecule has 0 aromatic heterocycles. The van der Waals surface area contributed by atoms with E-state index in [2.05, 4.69) is 6.07 Å². The summed E-state index contributed by atoms with van der Waals surface area (Å²) < 4.78 is 15.9.